The minimum absolute atomic E-state index is 1.13. The molecular formula is C20H35N. The van der Waals surface area contributed by atoms with Crippen molar-refractivity contribution in [3.63, 3.8) is 0 Å². The van der Waals surface area contributed by atoms with Crippen LogP contribution in [-0.4, -0.2) is 18.0 Å². The van der Waals surface area contributed by atoms with Crippen LogP contribution in [0.15, 0.2) is 24.3 Å². The van der Waals surface area contributed by atoms with Gasteiger partial charge in [-0.15, -0.1) is 0 Å². The minimum Gasteiger partial charge on any atom is -0.299 e. The third-order valence-corrected chi connectivity index (χ3v) is 4.31. The van der Waals surface area contributed by atoms with Crippen molar-refractivity contribution in [3.05, 3.63) is 35.4 Å². The van der Waals surface area contributed by atoms with Crippen LogP contribution in [0.2, 0.25) is 0 Å². The van der Waals surface area contributed by atoms with Crippen LogP contribution in [0.1, 0.15) is 76.3 Å². The van der Waals surface area contributed by atoms with Gasteiger partial charge in [0.15, 0.2) is 0 Å². The fourth-order valence-corrected chi connectivity index (χ4v) is 2.82. The number of unbranched alkanes of at least 4 members (excludes halogenated alkanes) is 6. The van der Waals surface area contributed by atoms with E-state index in [1.807, 2.05) is 0 Å². The van der Waals surface area contributed by atoms with Crippen molar-refractivity contribution >= 4 is 0 Å². The highest BCUT2D eigenvalue weighted by atomic mass is 15.1. The van der Waals surface area contributed by atoms with Crippen LogP contribution in [0.3, 0.4) is 0 Å². The van der Waals surface area contributed by atoms with E-state index in [0.717, 1.165) is 6.54 Å². The molecule has 0 aliphatic rings. The number of aryl methyl sites for hydroxylation is 1. The zero-order valence-corrected chi connectivity index (χ0v) is 14.5. The Hall–Kier alpha value is -0.820. The molecule has 0 bridgehead atoms. The molecule has 0 aromatic heterocycles. The molecule has 0 aliphatic heterocycles. The summed E-state index contributed by atoms with van der Waals surface area (Å²) in [5.74, 6) is 0. The first-order chi connectivity index (χ1) is 10.3. The maximum absolute atomic E-state index is 2.67. The van der Waals surface area contributed by atoms with Crippen molar-refractivity contribution < 1.29 is 0 Å². The second-order valence-electron chi connectivity index (χ2n) is 6.32. The predicted octanol–water partition coefficient (Wildman–Crippen LogP) is 5.96. The maximum Gasteiger partial charge on any atom is 0.0236 e. The van der Waals surface area contributed by atoms with E-state index in [4.69, 9.17) is 0 Å². The molecule has 1 rings (SSSR count). The van der Waals surface area contributed by atoms with Gasteiger partial charge in [-0.1, -0.05) is 76.6 Å². The number of hydrogen-bond acceptors (Lipinski definition) is 1. The SMILES string of the molecule is CCCCCCN(CCCCCC)Cc1ccccc1C. The zero-order valence-electron chi connectivity index (χ0n) is 14.5. The van der Waals surface area contributed by atoms with Gasteiger partial charge in [-0.05, 0) is 44.0 Å². The first kappa shape index (κ1) is 18.2. The summed E-state index contributed by atoms with van der Waals surface area (Å²) >= 11 is 0. The molecule has 0 heterocycles. The number of nitrogens with zero attached hydrogens (tertiary/aromatic N) is 1. The van der Waals surface area contributed by atoms with E-state index in [1.54, 1.807) is 0 Å². The van der Waals surface area contributed by atoms with E-state index in [0.29, 0.717) is 0 Å². The van der Waals surface area contributed by atoms with Gasteiger partial charge in [-0.3, -0.25) is 4.90 Å². The fraction of sp³-hybridized carbons (Fsp3) is 0.700. The Morgan fingerprint density at radius 2 is 1.33 bits per heavy atom. The Morgan fingerprint density at radius 3 is 1.86 bits per heavy atom. The molecule has 0 saturated heterocycles. The van der Waals surface area contributed by atoms with Crippen LogP contribution in [0, 0.1) is 6.92 Å². The third kappa shape index (κ3) is 8.26. The fourth-order valence-electron chi connectivity index (χ4n) is 2.82. The molecule has 1 aromatic carbocycles. The van der Waals surface area contributed by atoms with Crippen LogP contribution in [-0.2, 0) is 6.54 Å². The molecule has 1 heteroatoms. The van der Waals surface area contributed by atoms with Crippen molar-refractivity contribution in [1.82, 2.24) is 4.90 Å². The van der Waals surface area contributed by atoms with E-state index in [2.05, 4.69) is 49.9 Å². The molecule has 1 aromatic rings. The lowest BCUT2D eigenvalue weighted by Gasteiger charge is -2.23. The van der Waals surface area contributed by atoms with Gasteiger partial charge >= 0.3 is 0 Å². The third-order valence-electron chi connectivity index (χ3n) is 4.31. The van der Waals surface area contributed by atoms with Gasteiger partial charge in [0.25, 0.3) is 0 Å². The summed E-state index contributed by atoms with van der Waals surface area (Å²) < 4.78 is 0. The first-order valence-electron chi connectivity index (χ1n) is 9.04. The van der Waals surface area contributed by atoms with Gasteiger partial charge in [-0.25, -0.2) is 0 Å². The normalized spacial score (nSPS) is 11.2. The van der Waals surface area contributed by atoms with Gasteiger partial charge in [0.1, 0.15) is 0 Å². The van der Waals surface area contributed by atoms with Crippen LogP contribution in [0.4, 0.5) is 0 Å². The molecule has 0 atom stereocenters. The molecule has 0 spiro atoms. The standard InChI is InChI=1S/C20H35N/c1-4-6-8-12-16-21(17-13-9-7-5-2)18-20-15-11-10-14-19(20)3/h10-11,14-15H,4-9,12-13,16-18H2,1-3H3. The highest BCUT2D eigenvalue weighted by molar-refractivity contribution is 5.25. The number of benzene rings is 1. The molecule has 21 heavy (non-hydrogen) atoms. The Kier molecular flexibility index (Phi) is 10.2. The predicted molar refractivity (Wildman–Crippen MR) is 94.7 cm³/mol. The number of rotatable bonds is 12. The van der Waals surface area contributed by atoms with E-state index in [9.17, 15) is 0 Å². The molecule has 1 nitrogen and oxygen atoms in total. The van der Waals surface area contributed by atoms with Crippen molar-refractivity contribution in [3.8, 4) is 0 Å². The van der Waals surface area contributed by atoms with Gasteiger partial charge in [0.05, 0.1) is 0 Å². The molecule has 0 amide bonds. The summed E-state index contributed by atoms with van der Waals surface area (Å²) in [5, 5.41) is 0. The van der Waals surface area contributed by atoms with Crippen molar-refractivity contribution in [2.75, 3.05) is 13.1 Å². The average Bonchev–Trinajstić information content (AvgIpc) is 2.50. The summed E-state index contributed by atoms with van der Waals surface area (Å²) in [6.07, 6.45) is 10.9. The summed E-state index contributed by atoms with van der Waals surface area (Å²) in [5.41, 5.74) is 2.94. The van der Waals surface area contributed by atoms with Crippen molar-refractivity contribution in [2.45, 2.75) is 78.7 Å². The van der Waals surface area contributed by atoms with Gasteiger partial charge < -0.3 is 0 Å². The summed E-state index contributed by atoms with van der Waals surface area (Å²) in [7, 11) is 0. The first-order valence-corrected chi connectivity index (χ1v) is 9.04. The van der Waals surface area contributed by atoms with E-state index in [-0.39, 0.29) is 0 Å². The monoisotopic (exact) mass is 289 g/mol. The molecule has 0 saturated carbocycles. The maximum atomic E-state index is 2.67. The Morgan fingerprint density at radius 1 is 0.762 bits per heavy atom. The lowest BCUT2D eigenvalue weighted by molar-refractivity contribution is 0.252. The largest absolute Gasteiger partial charge is 0.299 e. The van der Waals surface area contributed by atoms with Crippen LogP contribution in [0.25, 0.3) is 0 Å². The van der Waals surface area contributed by atoms with Gasteiger partial charge in [0, 0.05) is 6.54 Å². The second-order valence-corrected chi connectivity index (χ2v) is 6.32. The Labute approximate surface area is 132 Å². The minimum atomic E-state index is 1.13. The highest BCUT2D eigenvalue weighted by Crippen LogP contribution is 2.13. The number of hydrogen-bond donors (Lipinski definition) is 0. The molecule has 0 radical (unpaired) electrons. The van der Waals surface area contributed by atoms with Crippen molar-refractivity contribution in [2.24, 2.45) is 0 Å². The lowest BCUT2D eigenvalue weighted by Crippen LogP contribution is -2.26. The topological polar surface area (TPSA) is 3.24 Å². The Bertz CT molecular complexity index is 347. The van der Waals surface area contributed by atoms with Crippen LogP contribution < -0.4 is 0 Å². The van der Waals surface area contributed by atoms with E-state index < -0.39 is 0 Å². The molecular weight excluding hydrogens is 254 g/mol. The van der Waals surface area contributed by atoms with Crippen LogP contribution >= 0.6 is 0 Å². The molecule has 0 N–H and O–H groups in total. The summed E-state index contributed by atoms with van der Waals surface area (Å²) in [6, 6.07) is 8.85. The van der Waals surface area contributed by atoms with Gasteiger partial charge in [-0.2, -0.15) is 0 Å². The van der Waals surface area contributed by atoms with E-state index >= 15 is 0 Å². The molecule has 120 valence electrons. The van der Waals surface area contributed by atoms with Gasteiger partial charge in [0.2, 0.25) is 0 Å². The van der Waals surface area contributed by atoms with Crippen molar-refractivity contribution in [1.29, 1.82) is 0 Å². The summed E-state index contributed by atoms with van der Waals surface area (Å²) in [6.45, 7) is 10.5. The summed E-state index contributed by atoms with van der Waals surface area (Å²) in [4.78, 5) is 2.67. The zero-order chi connectivity index (χ0) is 15.3. The smallest absolute Gasteiger partial charge is 0.0236 e. The molecule has 0 aliphatic carbocycles. The van der Waals surface area contributed by atoms with E-state index in [1.165, 1.54) is 75.6 Å². The highest BCUT2D eigenvalue weighted by Gasteiger charge is 2.07. The Balaban J connectivity index is 2.44. The lowest BCUT2D eigenvalue weighted by atomic mass is 10.1. The quantitative estimate of drug-likeness (QED) is 0.429. The molecule has 0 unspecified atom stereocenters. The molecule has 0 fully saturated rings. The average molecular weight is 290 g/mol. The van der Waals surface area contributed by atoms with Crippen LogP contribution in [0.5, 0.6) is 0 Å². The second kappa shape index (κ2) is 11.8.